The van der Waals surface area contributed by atoms with Gasteiger partial charge in [-0.1, -0.05) is 55.5 Å². The molecule has 106 valence electrons. The van der Waals surface area contributed by atoms with Gasteiger partial charge < -0.3 is 4.79 Å². The molecule has 0 N–H and O–H groups in total. The number of unbranched alkanes of at least 4 members (excludes halogenated alkanes) is 3. The van der Waals surface area contributed by atoms with Crippen LogP contribution in [0.3, 0.4) is 0 Å². The maximum absolute atomic E-state index is 10.1. The number of carbonyl (C=O) groups is 1. The van der Waals surface area contributed by atoms with Crippen molar-refractivity contribution in [2.45, 2.75) is 58.3 Å². The van der Waals surface area contributed by atoms with Crippen molar-refractivity contribution in [2.24, 2.45) is 0 Å². The average molecular weight is 260 g/mol. The number of carbonyl (C=O) groups excluding carboxylic acids is 1. The summed E-state index contributed by atoms with van der Waals surface area (Å²) in [6, 6.07) is 0. The van der Waals surface area contributed by atoms with Crippen molar-refractivity contribution in [1.29, 1.82) is 0 Å². The zero-order chi connectivity index (χ0) is 14.0. The first-order chi connectivity index (χ1) is 9.41. The molecule has 0 bridgehead atoms. The first kappa shape index (κ1) is 17.6. The van der Waals surface area contributed by atoms with Gasteiger partial charge in [0.05, 0.1) is 0 Å². The first-order valence-electron chi connectivity index (χ1n) is 7.45. The van der Waals surface area contributed by atoms with Crippen molar-refractivity contribution in [2.75, 3.05) is 0 Å². The van der Waals surface area contributed by atoms with Gasteiger partial charge in [-0.2, -0.15) is 0 Å². The zero-order valence-corrected chi connectivity index (χ0v) is 12.3. The molecule has 0 rings (SSSR count). The van der Waals surface area contributed by atoms with Gasteiger partial charge in [0, 0.05) is 6.42 Å². The summed E-state index contributed by atoms with van der Waals surface area (Å²) in [6.07, 6.45) is 26.7. The van der Waals surface area contributed by atoms with E-state index in [1.807, 2.05) is 0 Å². The molecule has 0 unspecified atom stereocenters. The Hall–Kier alpha value is -1.37. The van der Waals surface area contributed by atoms with Crippen molar-refractivity contribution in [1.82, 2.24) is 0 Å². The topological polar surface area (TPSA) is 17.1 Å². The molecule has 0 aliphatic heterocycles. The third-order valence-electron chi connectivity index (χ3n) is 2.66. The lowest BCUT2D eigenvalue weighted by Crippen LogP contribution is -1.75. The molecular weight excluding hydrogens is 232 g/mol. The van der Waals surface area contributed by atoms with Crippen molar-refractivity contribution in [3.05, 3.63) is 48.6 Å². The molecule has 0 aromatic heterocycles. The number of aldehydes is 1. The largest absolute Gasteiger partial charge is 0.303 e. The predicted molar refractivity (Wildman–Crippen MR) is 85.2 cm³/mol. The molecule has 1 heteroatoms. The van der Waals surface area contributed by atoms with E-state index in [1.54, 1.807) is 0 Å². The van der Waals surface area contributed by atoms with Gasteiger partial charge in [-0.05, 0) is 44.9 Å². The standard InChI is InChI=1S/C18H28O/c1-2-3-4-5-6-7-8-9-10-11-12-13-14-15-16-17-18-19/h3-4,6-7,9-10,12-13,18H,2,5,8,11,14-17H2,1H3/b4-3?,7-6?,10-9?,13-12-. The molecule has 0 atom stereocenters. The Bertz CT molecular complexity index is 295. The maximum atomic E-state index is 10.1. The van der Waals surface area contributed by atoms with Crippen LogP contribution in [0, 0.1) is 0 Å². The zero-order valence-electron chi connectivity index (χ0n) is 12.3. The molecular formula is C18H28O. The minimum Gasteiger partial charge on any atom is -0.303 e. The van der Waals surface area contributed by atoms with Crippen LogP contribution < -0.4 is 0 Å². The summed E-state index contributed by atoms with van der Waals surface area (Å²) in [7, 11) is 0. The summed E-state index contributed by atoms with van der Waals surface area (Å²) in [5, 5.41) is 0. The smallest absolute Gasteiger partial charge is 0.119 e. The molecule has 0 saturated heterocycles. The Kier molecular flexibility index (Phi) is 15.4. The van der Waals surface area contributed by atoms with Crippen molar-refractivity contribution < 1.29 is 4.79 Å². The summed E-state index contributed by atoms with van der Waals surface area (Å²) in [4.78, 5) is 10.1. The van der Waals surface area contributed by atoms with Crippen LogP contribution in [0.5, 0.6) is 0 Å². The van der Waals surface area contributed by atoms with Gasteiger partial charge in [-0.25, -0.2) is 0 Å². The highest BCUT2D eigenvalue weighted by Crippen LogP contribution is 2.00. The SMILES string of the molecule is CCC=CCC=CCC=CC/C=C\CCCCC=O. The highest BCUT2D eigenvalue weighted by molar-refractivity contribution is 5.48. The lowest BCUT2D eigenvalue weighted by molar-refractivity contribution is -0.107. The van der Waals surface area contributed by atoms with Gasteiger partial charge in [0.1, 0.15) is 6.29 Å². The first-order valence-corrected chi connectivity index (χ1v) is 7.45. The third-order valence-corrected chi connectivity index (χ3v) is 2.66. The molecule has 0 amide bonds. The molecule has 0 aromatic rings. The minimum absolute atomic E-state index is 0.702. The summed E-state index contributed by atoms with van der Waals surface area (Å²) in [6.45, 7) is 2.15. The number of hydrogen-bond donors (Lipinski definition) is 0. The van der Waals surface area contributed by atoms with Gasteiger partial charge in [-0.15, -0.1) is 0 Å². The van der Waals surface area contributed by atoms with Crippen molar-refractivity contribution in [3.63, 3.8) is 0 Å². The Labute approximate surface area is 118 Å². The molecule has 1 nitrogen and oxygen atoms in total. The molecule has 0 aromatic carbocycles. The number of allylic oxidation sites excluding steroid dienone is 8. The summed E-state index contributed by atoms with van der Waals surface area (Å²) in [5.41, 5.74) is 0. The lowest BCUT2D eigenvalue weighted by Gasteiger charge is -1.90. The fourth-order valence-corrected chi connectivity index (χ4v) is 1.59. The van der Waals surface area contributed by atoms with Crippen LogP contribution in [0.1, 0.15) is 58.3 Å². The second-order valence-corrected chi connectivity index (χ2v) is 4.45. The van der Waals surface area contributed by atoms with E-state index in [0.29, 0.717) is 6.42 Å². The van der Waals surface area contributed by atoms with Gasteiger partial charge in [0.15, 0.2) is 0 Å². The second-order valence-electron chi connectivity index (χ2n) is 4.45. The Morgan fingerprint density at radius 1 is 0.632 bits per heavy atom. The van der Waals surface area contributed by atoms with E-state index in [0.717, 1.165) is 51.2 Å². The predicted octanol–water partition coefficient (Wildman–Crippen LogP) is 5.55. The molecule has 0 heterocycles. The van der Waals surface area contributed by atoms with E-state index < -0.39 is 0 Å². The third kappa shape index (κ3) is 16.6. The molecule has 19 heavy (non-hydrogen) atoms. The quantitative estimate of drug-likeness (QED) is 0.255. The second kappa shape index (κ2) is 16.6. The van der Waals surface area contributed by atoms with Crippen molar-refractivity contribution >= 4 is 6.29 Å². The Balaban J connectivity index is 3.35. The average Bonchev–Trinajstić information content (AvgIpc) is 2.43. The van der Waals surface area contributed by atoms with Crippen LogP contribution in [-0.2, 0) is 4.79 Å². The van der Waals surface area contributed by atoms with Crippen molar-refractivity contribution in [3.8, 4) is 0 Å². The molecule has 0 saturated carbocycles. The van der Waals surface area contributed by atoms with Gasteiger partial charge in [-0.3, -0.25) is 0 Å². The monoisotopic (exact) mass is 260 g/mol. The minimum atomic E-state index is 0.702. The molecule has 0 aliphatic rings. The molecule has 0 spiro atoms. The maximum Gasteiger partial charge on any atom is 0.119 e. The van der Waals surface area contributed by atoms with Crippen LogP contribution in [0.25, 0.3) is 0 Å². The van der Waals surface area contributed by atoms with Crippen LogP contribution in [0.2, 0.25) is 0 Å². The molecule has 0 aliphatic carbocycles. The van der Waals surface area contributed by atoms with E-state index in [2.05, 4.69) is 55.5 Å². The van der Waals surface area contributed by atoms with Gasteiger partial charge in [0.2, 0.25) is 0 Å². The van der Waals surface area contributed by atoms with Crippen LogP contribution in [-0.4, -0.2) is 6.29 Å². The Morgan fingerprint density at radius 2 is 1.11 bits per heavy atom. The molecule has 0 radical (unpaired) electrons. The normalized spacial score (nSPS) is 12.5. The fourth-order valence-electron chi connectivity index (χ4n) is 1.59. The summed E-state index contributed by atoms with van der Waals surface area (Å²) in [5.74, 6) is 0. The number of rotatable bonds is 12. The highest BCUT2D eigenvalue weighted by Gasteiger charge is 1.83. The van der Waals surface area contributed by atoms with E-state index in [4.69, 9.17) is 0 Å². The van der Waals surface area contributed by atoms with E-state index >= 15 is 0 Å². The van der Waals surface area contributed by atoms with Crippen LogP contribution >= 0.6 is 0 Å². The summed E-state index contributed by atoms with van der Waals surface area (Å²) < 4.78 is 0. The van der Waals surface area contributed by atoms with E-state index in [-0.39, 0.29) is 0 Å². The van der Waals surface area contributed by atoms with Crippen LogP contribution in [0.4, 0.5) is 0 Å². The van der Waals surface area contributed by atoms with E-state index in [9.17, 15) is 4.79 Å². The van der Waals surface area contributed by atoms with E-state index in [1.165, 1.54) is 0 Å². The molecule has 0 fully saturated rings. The van der Waals surface area contributed by atoms with Gasteiger partial charge in [0.25, 0.3) is 0 Å². The highest BCUT2D eigenvalue weighted by atomic mass is 16.1. The van der Waals surface area contributed by atoms with Crippen LogP contribution in [0.15, 0.2) is 48.6 Å². The lowest BCUT2D eigenvalue weighted by atomic mass is 10.2. The Morgan fingerprint density at radius 3 is 1.63 bits per heavy atom. The van der Waals surface area contributed by atoms with Gasteiger partial charge >= 0.3 is 0 Å². The summed E-state index contributed by atoms with van der Waals surface area (Å²) >= 11 is 0. The fraction of sp³-hybridized carbons (Fsp3) is 0.500. The number of hydrogen-bond acceptors (Lipinski definition) is 1.